The molecule has 1 aliphatic rings. The summed E-state index contributed by atoms with van der Waals surface area (Å²) in [6.07, 6.45) is 6.37. The van der Waals surface area contributed by atoms with Gasteiger partial charge in [-0.1, -0.05) is 13.8 Å². The van der Waals surface area contributed by atoms with Gasteiger partial charge >= 0.3 is 0 Å². The molecule has 0 bridgehead atoms. The van der Waals surface area contributed by atoms with Gasteiger partial charge < -0.3 is 0 Å². The molecular formula is C16H15N5O. The highest BCUT2D eigenvalue weighted by Crippen LogP contribution is 2.34. The normalized spacial score (nSPS) is 16.7. The Balaban J connectivity index is 1.93. The standard InChI is InChI=1S/C16H15N5O/c1-16(2)7-12-11(13(22)8-16)9-18-15-19-14(20-21(12)15)10-3-5-17-6-4-10/h3-6,9H,7-8H2,1-2H3. The van der Waals surface area contributed by atoms with E-state index in [1.165, 1.54) is 0 Å². The van der Waals surface area contributed by atoms with E-state index in [0.717, 1.165) is 17.7 Å². The number of carbonyl (C=O) groups is 1. The predicted octanol–water partition coefficient (Wildman–Crippen LogP) is 2.34. The molecule has 3 aromatic rings. The zero-order valence-corrected chi connectivity index (χ0v) is 12.4. The van der Waals surface area contributed by atoms with Crippen LogP contribution in [0.5, 0.6) is 0 Å². The van der Waals surface area contributed by atoms with Crippen molar-refractivity contribution in [3.8, 4) is 11.4 Å². The zero-order chi connectivity index (χ0) is 15.3. The fourth-order valence-corrected chi connectivity index (χ4v) is 2.95. The highest BCUT2D eigenvalue weighted by Gasteiger charge is 2.33. The topological polar surface area (TPSA) is 73.0 Å². The molecule has 0 aromatic carbocycles. The maximum absolute atomic E-state index is 12.3. The molecule has 0 fully saturated rings. The molecule has 0 N–H and O–H groups in total. The van der Waals surface area contributed by atoms with Crippen LogP contribution in [0.3, 0.4) is 0 Å². The molecule has 0 amide bonds. The van der Waals surface area contributed by atoms with Gasteiger partial charge in [0.05, 0.1) is 11.3 Å². The summed E-state index contributed by atoms with van der Waals surface area (Å²) >= 11 is 0. The van der Waals surface area contributed by atoms with Crippen molar-refractivity contribution in [2.45, 2.75) is 26.7 Å². The lowest BCUT2D eigenvalue weighted by molar-refractivity contribution is 0.0908. The van der Waals surface area contributed by atoms with E-state index in [2.05, 4.69) is 33.9 Å². The molecule has 0 radical (unpaired) electrons. The molecule has 3 heterocycles. The van der Waals surface area contributed by atoms with Gasteiger partial charge in [0.1, 0.15) is 0 Å². The summed E-state index contributed by atoms with van der Waals surface area (Å²) in [6.45, 7) is 4.20. The smallest absolute Gasteiger partial charge is 0.252 e. The first kappa shape index (κ1) is 13.1. The number of nitrogens with zero attached hydrogens (tertiary/aromatic N) is 5. The Kier molecular flexibility index (Phi) is 2.63. The Hall–Kier alpha value is -2.63. The van der Waals surface area contributed by atoms with Crippen molar-refractivity contribution < 1.29 is 4.79 Å². The van der Waals surface area contributed by atoms with Crippen molar-refractivity contribution in [2.24, 2.45) is 5.41 Å². The summed E-state index contributed by atoms with van der Waals surface area (Å²) in [4.78, 5) is 25.1. The highest BCUT2D eigenvalue weighted by molar-refractivity contribution is 5.98. The summed E-state index contributed by atoms with van der Waals surface area (Å²) in [5.74, 6) is 1.25. The van der Waals surface area contributed by atoms with E-state index in [-0.39, 0.29) is 11.2 Å². The molecule has 0 unspecified atom stereocenters. The van der Waals surface area contributed by atoms with Gasteiger partial charge in [-0.3, -0.25) is 9.78 Å². The molecule has 0 atom stereocenters. The van der Waals surface area contributed by atoms with Gasteiger partial charge in [-0.2, -0.15) is 9.50 Å². The molecule has 110 valence electrons. The second-order valence-corrected chi connectivity index (χ2v) is 6.44. The first-order valence-corrected chi connectivity index (χ1v) is 7.22. The Morgan fingerprint density at radius 3 is 2.73 bits per heavy atom. The largest absolute Gasteiger partial charge is 0.294 e. The lowest BCUT2D eigenvalue weighted by Gasteiger charge is -2.29. The average Bonchev–Trinajstić information content (AvgIpc) is 2.91. The Labute approximate surface area is 127 Å². The number of ketones is 1. The predicted molar refractivity (Wildman–Crippen MR) is 80.4 cm³/mol. The molecular weight excluding hydrogens is 278 g/mol. The summed E-state index contributed by atoms with van der Waals surface area (Å²) in [5.41, 5.74) is 2.38. The van der Waals surface area contributed by atoms with Crippen molar-refractivity contribution in [1.29, 1.82) is 0 Å². The van der Waals surface area contributed by atoms with Gasteiger partial charge in [-0.05, 0) is 24.0 Å². The van der Waals surface area contributed by atoms with Crippen LogP contribution in [0.4, 0.5) is 0 Å². The molecule has 6 heteroatoms. The van der Waals surface area contributed by atoms with Crippen molar-refractivity contribution in [3.63, 3.8) is 0 Å². The lowest BCUT2D eigenvalue weighted by atomic mass is 9.76. The number of carbonyl (C=O) groups excluding carboxylic acids is 1. The van der Waals surface area contributed by atoms with Gasteiger partial charge in [-0.15, -0.1) is 5.10 Å². The molecule has 0 spiro atoms. The number of rotatable bonds is 1. The van der Waals surface area contributed by atoms with Crippen molar-refractivity contribution in [3.05, 3.63) is 42.0 Å². The Morgan fingerprint density at radius 2 is 1.95 bits per heavy atom. The van der Waals surface area contributed by atoms with Crippen LogP contribution in [0.2, 0.25) is 0 Å². The maximum atomic E-state index is 12.3. The van der Waals surface area contributed by atoms with Crippen LogP contribution >= 0.6 is 0 Å². The summed E-state index contributed by atoms with van der Waals surface area (Å²) in [5, 5.41) is 4.56. The van der Waals surface area contributed by atoms with Crippen LogP contribution in [0.15, 0.2) is 30.7 Å². The quantitative estimate of drug-likeness (QED) is 0.688. The van der Waals surface area contributed by atoms with E-state index in [4.69, 9.17) is 0 Å². The molecule has 0 aliphatic heterocycles. The molecule has 3 aromatic heterocycles. The van der Waals surface area contributed by atoms with Crippen LogP contribution in [0.25, 0.3) is 17.2 Å². The minimum Gasteiger partial charge on any atom is -0.294 e. The molecule has 0 saturated heterocycles. The van der Waals surface area contributed by atoms with Crippen LogP contribution in [-0.4, -0.2) is 30.3 Å². The lowest BCUT2D eigenvalue weighted by Crippen LogP contribution is -2.29. The third-order valence-corrected chi connectivity index (χ3v) is 3.99. The minimum absolute atomic E-state index is 0.0683. The van der Waals surface area contributed by atoms with E-state index >= 15 is 0 Å². The maximum Gasteiger partial charge on any atom is 0.252 e. The second kappa shape index (κ2) is 4.43. The number of fused-ring (bicyclic) bond motifs is 3. The number of pyridine rings is 1. The fourth-order valence-electron chi connectivity index (χ4n) is 2.95. The molecule has 22 heavy (non-hydrogen) atoms. The van der Waals surface area contributed by atoms with E-state index in [1.54, 1.807) is 23.1 Å². The van der Waals surface area contributed by atoms with Crippen LogP contribution in [0, 0.1) is 5.41 Å². The van der Waals surface area contributed by atoms with Gasteiger partial charge in [0.2, 0.25) is 0 Å². The van der Waals surface area contributed by atoms with E-state index in [0.29, 0.717) is 23.6 Å². The van der Waals surface area contributed by atoms with Gasteiger partial charge in [0.25, 0.3) is 5.78 Å². The minimum atomic E-state index is -0.0683. The monoisotopic (exact) mass is 293 g/mol. The summed E-state index contributed by atoms with van der Waals surface area (Å²) in [7, 11) is 0. The summed E-state index contributed by atoms with van der Waals surface area (Å²) in [6, 6.07) is 3.71. The Bertz CT molecular complexity index is 882. The molecule has 0 saturated carbocycles. The Morgan fingerprint density at radius 1 is 1.18 bits per heavy atom. The van der Waals surface area contributed by atoms with Gasteiger partial charge in [-0.25, -0.2) is 4.98 Å². The molecule has 4 rings (SSSR count). The SMILES string of the molecule is CC1(C)CC(=O)c2cnc3nc(-c4ccncc4)nn3c2C1. The zero-order valence-electron chi connectivity index (χ0n) is 12.4. The van der Waals surface area contributed by atoms with E-state index in [9.17, 15) is 4.79 Å². The van der Waals surface area contributed by atoms with E-state index in [1.807, 2.05) is 12.1 Å². The average molecular weight is 293 g/mol. The van der Waals surface area contributed by atoms with Crippen LogP contribution in [0.1, 0.15) is 36.3 Å². The number of aromatic nitrogens is 5. The molecule has 6 nitrogen and oxygen atoms in total. The number of Topliss-reactive ketones (excluding diaryl/α,β-unsaturated/α-hetero) is 1. The number of hydrogen-bond donors (Lipinski definition) is 0. The second-order valence-electron chi connectivity index (χ2n) is 6.44. The highest BCUT2D eigenvalue weighted by atomic mass is 16.1. The third kappa shape index (κ3) is 1.99. The van der Waals surface area contributed by atoms with Crippen molar-refractivity contribution >= 4 is 11.6 Å². The number of hydrogen-bond acceptors (Lipinski definition) is 5. The van der Waals surface area contributed by atoms with Crippen LogP contribution < -0.4 is 0 Å². The van der Waals surface area contributed by atoms with Gasteiger partial charge in [0, 0.05) is 30.6 Å². The first-order valence-electron chi connectivity index (χ1n) is 7.22. The molecule has 1 aliphatic carbocycles. The van der Waals surface area contributed by atoms with Crippen LogP contribution in [-0.2, 0) is 6.42 Å². The van der Waals surface area contributed by atoms with Gasteiger partial charge in [0.15, 0.2) is 11.6 Å². The fraction of sp³-hybridized carbons (Fsp3) is 0.312. The van der Waals surface area contributed by atoms with Crippen molar-refractivity contribution in [1.82, 2.24) is 24.6 Å². The first-order chi connectivity index (χ1) is 10.5. The van der Waals surface area contributed by atoms with Crippen molar-refractivity contribution in [2.75, 3.05) is 0 Å². The summed E-state index contributed by atoms with van der Waals surface area (Å²) < 4.78 is 1.71. The third-order valence-electron chi connectivity index (χ3n) is 3.99. The van der Waals surface area contributed by atoms with E-state index < -0.39 is 0 Å².